The summed E-state index contributed by atoms with van der Waals surface area (Å²) in [6.07, 6.45) is 1.77. The number of aromatic nitrogens is 2. The highest BCUT2D eigenvalue weighted by atomic mass is 32.1. The second kappa shape index (κ2) is 7.04. The fraction of sp³-hybridized carbons (Fsp3) is 0.238. The summed E-state index contributed by atoms with van der Waals surface area (Å²) >= 11 is 5.37. The van der Waals surface area contributed by atoms with Gasteiger partial charge in [0.05, 0.1) is 17.7 Å². The fourth-order valence-electron chi connectivity index (χ4n) is 3.50. The lowest BCUT2D eigenvalue weighted by Gasteiger charge is -2.32. The van der Waals surface area contributed by atoms with Gasteiger partial charge in [-0.25, -0.2) is 15.0 Å². The molecule has 0 bridgehead atoms. The molecule has 0 amide bonds. The van der Waals surface area contributed by atoms with Crippen LogP contribution in [0.3, 0.4) is 0 Å². The van der Waals surface area contributed by atoms with Gasteiger partial charge in [0.2, 0.25) is 0 Å². The van der Waals surface area contributed by atoms with Crippen LogP contribution in [0.4, 0.5) is 5.69 Å². The van der Waals surface area contributed by atoms with Gasteiger partial charge in [0.15, 0.2) is 10.8 Å². The lowest BCUT2D eigenvalue weighted by atomic mass is 9.85. The predicted octanol–water partition coefficient (Wildman–Crippen LogP) is 3.87. The van der Waals surface area contributed by atoms with E-state index in [-0.39, 0.29) is 12.0 Å². The van der Waals surface area contributed by atoms with Crippen LogP contribution in [0, 0.1) is 0 Å². The first-order valence-corrected chi connectivity index (χ1v) is 9.28. The smallest absolute Gasteiger partial charge is 0.193 e. The van der Waals surface area contributed by atoms with Crippen molar-refractivity contribution in [2.75, 3.05) is 19.0 Å². The minimum absolute atomic E-state index is 0.00619. The summed E-state index contributed by atoms with van der Waals surface area (Å²) in [5.41, 5.74) is 4.97. The van der Waals surface area contributed by atoms with Crippen LogP contribution < -0.4 is 10.2 Å². The van der Waals surface area contributed by atoms with E-state index in [0.717, 1.165) is 33.7 Å². The van der Waals surface area contributed by atoms with Crippen molar-refractivity contribution < 1.29 is 0 Å². The zero-order chi connectivity index (χ0) is 19.0. The lowest BCUT2D eigenvalue weighted by molar-refractivity contribution is 0.584. The monoisotopic (exact) mass is 375 g/mol. The average molecular weight is 376 g/mol. The number of hydrogen-bond acceptors (Lipinski definition) is 4. The summed E-state index contributed by atoms with van der Waals surface area (Å²) in [6.45, 7) is 2.02. The van der Waals surface area contributed by atoms with Gasteiger partial charge in [-0.1, -0.05) is 12.1 Å². The molecule has 0 spiro atoms. The van der Waals surface area contributed by atoms with E-state index in [9.17, 15) is 0 Å². The maximum Gasteiger partial charge on any atom is 0.193 e. The minimum atomic E-state index is -0.0140. The number of rotatable bonds is 3. The molecule has 1 N–H and O–H groups in total. The Morgan fingerprint density at radius 2 is 1.81 bits per heavy atom. The lowest BCUT2D eigenvalue weighted by Crippen LogP contribution is -2.38. The van der Waals surface area contributed by atoms with Gasteiger partial charge in [0.1, 0.15) is 0 Å². The van der Waals surface area contributed by atoms with Crippen molar-refractivity contribution in [1.29, 1.82) is 0 Å². The maximum absolute atomic E-state index is 5.37. The molecular weight excluding hydrogens is 354 g/mol. The molecule has 3 aromatic rings. The Morgan fingerprint density at radius 3 is 2.56 bits per heavy atom. The van der Waals surface area contributed by atoms with Crippen LogP contribution in [0.15, 0.2) is 59.7 Å². The van der Waals surface area contributed by atoms with Crippen molar-refractivity contribution in [3.8, 4) is 0 Å². The number of benzene rings is 1. The second-order valence-electron chi connectivity index (χ2n) is 6.93. The summed E-state index contributed by atoms with van der Waals surface area (Å²) in [4.78, 5) is 15.8. The molecule has 1 aromatic carbocycles. The SMILES string of the molecule is CC1=NC(=S)NC(c2ccc(N(C)C)cc2)C1c1ccc2cccnc2n1. The molecule has 0 saturated carbocycles. The Kier molecular flexibility index (Phi) is 4.58. The van der Waals surface area contributed by atoms with Crippen molar-refractivity contribution in [2.45, 2.75) is 18.9 Å². The van der Waals surface area contributed by atoms with E-state index in [1.165, 1.54) is 0 Å². The molecule has 0 aliphatic carbocycles. The molecule has 136 valence electrons. The first-order chi connectivity index (χ1) is 13.0. The standard InChI is InChI=1S/C21H21N5S/c1-13-18(17-11-8-15-5-4-12-22-20(15)24-17)19(25-21(27)23-13)14-6-9-16(10-7-14)26(2)3/h4-12,18-19H,1-3H3,(H,25,27). The quantitative estimate of drug-likeness (QED) is 0.704. The van der Waals surface area contributed by atoms with Gasteiger partial charge in [-0.15, -0.1) is 0 Å². The molecule has 0 fully saturated rings. The summed E-state index contributed by atoms with van der Waals surface area (Å²) in [5, 5.41) is 4.93. The van der Waals surface area contributed by atoms with Crippen LogP contribution in [0.1, 0.15) is 30.1 Å². The topological polar surface area (TPSA) is 53.4 Å². The molecule has 3 heterocycles. The third-order valence-corrected chi connectivity index (χ3v) is 5.12. The first kappa shape index (κ1) is 17.5. The van der Waals surface area contributed by atoms with Gasteiger partial charge in [-0.2, -0.15) is 0 Å². The van der Waals surface area contributed by atoms with E-state index >= 15 is 0 Å². The molecule has 1 aliphatic heterocycles. The normalized spacial score (nSPS) is 19.5. The van der Waals surface area contributed by atoms with Crippen LogP contribution in [0.5, 0.6) is 0 Å². The molecule has 6 heteroatoms. The van der Waals surface area contributed by atoms with E-state index in [1.54, 1.807) is 6.20 Å². The highest BCUT2D eigenvalue weighted by molar-refractivity contribution is 7.80. The number of anilines is 1. The Bertz CT molecular complexity index is 1030. The third kappa shape index (κ3) is 3.40. The van der Waals surface area contributed by atoms with Crippen molar-refractivity contribution in [3.63, 3.8) is 0 Å². The Morgan fingerprint density at radius 1 is 1.04 bits per heavy atom. The van der Waals surface area contributed by atoms with Crippen LogP contribution in [-0.4, -0.2) is 34.9 Å². The molecular formula is C21H21N5S. The zero-order valence-corrected chi connectivity index (χ0v) is 16.4. The number of nitrogens with zero attached hydrogens (tertiary/aromatic N) is 4. The molecule has 2 aromatic heterocycles. The van der Waals surface area contributed by atoms with Gasteiger partial charge in [0.25, 0.3) is 0 Å². The minimum Gasteiger partial charge on any atom is -0.378 e. The average Bonchev–Trinajstić information content (AvgIpc) is 2.67. The van der Waals surface area contributed by atoms with Crippen LogP contribution in [0.2, 0.25) is 0 Å². The van der Waals surface area contributed by atoms with Crippen molar-refractivity contribution in [3.05, 3.63) is 66.0 Å². The maximum atomic E-state index is 5.37. The van der Waals surface area contributed by atoms with E-state index in [1.807, 2.05) is 33.2 Å². The van der Waals surface area contributed by atoms with Crippen LogP contribution in [0.25, 0.3) is 11.0 Å². The first-order valence-electron chi connectivity index (χ1n) is 8.87. The highest BCUT2D eigenvalue weighted by Crippen LogP contribution is 2.35. The second-order valence-corrected chi connectivity index (χ2v) is 7.32. The molecule has 0 radical (unpaired) electrons. The Balaban J connectivity index is 1.78. The third-order valence-electron chi connectivity index (χ3n) is 4.91. The summed E-state index contributed by atoms with van der Waals surface area (Å²) < 4.78 is 0. The molecule has 4 rings (SSSR count). The van der Waals surface area contributed by atoms with Gasteiger partial charge in [-0.3, -0.25) is 0 Å². The van der Waals surface area contributed by atoms with Crippen molar-refractivity contribution in [1.82, 2.24) is 15.3 Å². The number of fused-ring (bicyclic) bond motifs is 1. The van der Waals surface area contributed by atoms with Crippen molar-refractivity contribution in [2.24, 2.45) is 4.99 Å². The molecule has 2 atom stereocenters. The highest BCUT2D eigenvalue weighted by Gasteiger charge is 2.32. The number of pyridine rings is 2. The van der Waals surface area contributed by atoms with Crippen molar-refractivity contribution >= 4 is 39.8 Å². The van der Waals surface area contributed by atoms with E-state index in [0.29, 0.717) is 5.11 Å². The summed E-state index contributed by atoms with van der Waals surface area (Å²) in [7, 11) is 4.07. The predicted molar refractivity (Wildman–Crippen MR) is 115 cm³/mol. The van der Waals surface area contributed by atoms with Crippen LogP contribution in [-0.2, 0) is 0 Å². The van der Waals surface area contributed by atoms with E-state index < -0.39 is 0 Å². The Hall–Kier alpha value is -2.86. The van der Waals surface area contributed by atoms with E-state index in [2.05, 4.69) is 56.6 Å². The van der Waals surface area contributed by atoms with Gasteiger partial charge in [0, 0.05) is 37.1 Å². The van der Waals surface area contributed by atoms with E-state index in [4.69, 9.17) is 17.2 Å². The summed E-state index contributed by atoms with van der Waals surface area (Å²) in [5.74, 6) is -0.00619. The number of aliphatic imine (C=N–C) groups is 1. The molecule has 27 heavy (non-hydrogen) atoms. The number of thiocarbonyl (C=S) groups is 1. The number of hydrogen-bond donors (Lipinski definition) is 1. The van der Waals surface area contributed by atoms with Gasteiger partial charge >= 0.3 is 0 Å². The van der Waals surface area contributed by atoms with Gasteiger partial charge < -0.3 is 10.2 Å². The molecule has 0 saturated heterocycles. The summed E-state index contributed by atoms with van der Waals surface area (Å²) in [6, 6.07) is 16.6. The largest absolute Gasteiger partial charge is 0.378 e. The number of nitrogens with one attached hydrogen (secondary N) is 1. The molecule has 5 nitrogen and oxygen atoms in total. The molecule has 1 aliphatic rings. The Labute approximate surface area is 164 Å². The van der Waals surface area contributed by atoms with Crippen LogP contribution >= 0.6 is 12.2 Å². The molecule has 2 unspecified atom stereocenters. The fourth-order valence-corrected chi connectivity index (χ4v) is 3.77. The van der Waals surface area contributed by atoms with Gasteiger partial charge in [-0.05, 0) is 61.1 Å². The zero-order valence-electron chi connectivity index (χ0n) is 15.5.